The zero-order chi connectivity index (χ0) is 15.3. The number of nitrogens with one attached hydrogen (secondary N) is 2. The van der Waals surface area contributed by atoms with Gasteiger partial charge in [0.1, 0.15) is 5.82 Å². The van der Waals surface area contributed by atoms with Gasteiger partial charge in [0.15, 0.2) is 0 Å². The van der Waals surface area contributed by atoms with E-state index in [2.05, 4.69) is 10.6 Å². The Hall–Kier alpha value is -2.11. The molecule has 2 amide bonds. The Balaban J connectivity index is 1.75. The van der Waals surface area contributed by atoms with Crippen molar-refractivity contribution in [1.29, 1.82) is 0 Å². The van der Waals surface area contributed by atoms with Crippen LogP contribution in [0.4, 0.5) is 9.18 Å². The van der Waals surface area contributed by atoms with E-state index in [1.54, 1.807) is 6.07 Å². The third kappa shape index (κ3) is 4.44. The lowest BCUT2D eigenvalue weighted by atomic mass is 9.96. The Kier molecular flexibility index (Phi) is 4.77. The topological polar surface area (TPSA) is 78.4 Å². The lowest BCUT2D eigenvalue weighted by Gasteiger charge is -2.17. The van der Waals surface area contributed by atoms with Gasteiger partial charge in [-0.15, -0.1) is 0 Å². The van der Waals surface area contributed by atoms with Crippen LogP contribution in [0.5, 0.6) is 0 Å². The number of benzene rings is 1. The van der Waals surface area contributed by atoms with Crippen LogP contribution in [0.3, 0.4) is 0 Å². The van der Waals surface area contributed by atoms with Gasteiger partial charge in [-0.05, 0) is 37.0 Å². The Morgan fingerprint density at radius 3 is 2.67 bits per heavy atom. The van der Waals surface area contributed by atoms with Gasteiger partial charge in [0.2, 0.25) is 0 Å². The molecule has 3 N–H and O–H groups in total. The second-order valence-electron chi connectivity index (χ2n) is 5.40. The molecule has 5 nitrogen and oxygen atoms in total. The lowest BCUT2D eigenvalue weighted by Crippen LogP contribution is -2.40. The maximum atomic E-state index is 13.2. The highest BCUT2D eigenvalue weighted by atomic mass is 19.1. The van der Waals surface area contributed by atoms with Gasteiger partial charge in [-0.2, -0.15) is 0 Å². The van der Waals surface area contributed by atoms with E-state index in [-0.39, 0.29) is 23.7 Å². The molecule has 0 unspecified atom stereocenters. The summed E-state index contributed by atoms with van der Waals surface area (Å²) < 4.78 is 13.2. The summed E-state index contributed by atoms with van der Waals surface area (Å²) in [6.07, 6.45) is 2.29. The summed E-state index contributed by atoms with van der Waals surface area (Å²) in [5.41, 5.74) is 0.759. The van der Waals surface area contributed by atoms with E-state index < -0.39 is 5.97 Å². The van der Waals surface area contributed by atoms with Crippen molar-refractivity contribution >= 4 is 12.0 Å². The van der Waals surface area contributed by atoms with Gasteiger partial charge < -0.3 is 15.7 Å². The van der Waals surface area contributed by atoms with Gasteiger partial charge in [0.25, 0.3) is 0 Å². The van der Waals surface area contributed by atoms with Gasteiger partial charge in [0.05, 0.1) is 0 Å². The van der Waals surface area contributed by atoms with Crippen molar-refractivity contribution in [2.24, 2.45) is 0 Å². The molecule has 1 aliphatic carbocycles. The maximum absolute atomic E-state index is 13.2. The highest BCUT2D eigenvalue weighted by Gasteiger charge is 2.44. The first-order valence-corrected chi connectivity index (χ1v) is 7.01. The van der Waals surface area contributed by atoms with Crippen LogP contribution in [0.1, 0.15) is 31.2 Å². The molecule has 6 heteroatoms. The van der Waals surface area contributed by atoms with Crippen LogP contribution in [0.25, 0.3) is 0 Å². The molecule has 0 aromatic heterocycles. The van der Waals surface area contributed by atoms with Crippen molar-refractivity contribution < 1.29 is 19.1 Å². The Bertz CT molecular complexity index is 529. The molecule has 2 rings (SSSR count). The second kappa shape index (κ2) is 6.56. The van der Waals surface area contributed by atoms with Crippen LogP contribution in [0.2, 0.25) is 0 Å². The predicted octanol–water partition coefficient (Wildman–Crippen LogP) is 2.02. The minimum absolute atomic E-state index is 0.0352. The number of amides is 2. The highest BCUT2D eigenvalue weighted by molar-refractivity contribution is 5.74. The van der Waals surface area contributed by atoms with E-state index in [4.69, 9.17) is 5.11 Å². The van der Waals surface area contributed by atoms with Crippen LogP contribution >= 0.6 is 0 Å². The summed E-state index contributed by atoms with van der Waals surface area (Å²) in [5.74, 6) is -1.14. The van der Waals surface area contributed by atoms with Crippen molar-refractivity contribution in [3.8, 4) is 0 Å². The number of rotatable bonds is 7. The van der Waals surface area contributed by atoms with Crippen molar-refractivity contribution in [2.45, 2.75) is 31.1 Å². The SMILES string of the molecule is O=C(O)CCCNC(=O)NCC1(c2cccc(F)c2)CC1. The molecular weight excluding hydrogens is 275 g/mol. The van der Waals surface area contributed by atoms with Gasteiger partial charge in [-0.25, -0.2) is 9.18 Å². The van der Waals surface area contributed by atoms with Crippen molar-refractivity contribution in [3.63, 3.8) is 0 Å². The van der Waals surface area contributed by atoms with Crippen molar-refractivity contribution in [1.82, 2.24) is 10.6 Å². The molecule has 0 bridgehead atoms. The van der Waals surface area contributed by atoms with Gasteiger partial charge in [-0.3, -0.25) is 4.79 Å². The third-order valence-corrected chi connectivity index (χ3v) is 3.73. The van der Waals surface area contributed by atoms with Crippen LogP contribution in [0, 0.1) is 5.82 Å². The van der Waals surface area contributed by atoms with E-state index in [9.17, 15) is 14.0 Å². The molecule has 114 valence electrons. The van der Waals surface area contributed by atoms with Crippen molar-refractivity contribution in [2.75, 3.05) is 13.1 Å². The van der Waals surface area contributed by atoms with Crippen molar-refractivity contribution in [3.05, 3.63) is 35.6 Å². The standard InChI is InChI=1S/C15H19FN2O3/c16-12-4-1-3-11(9-12)15(6-7-15)10-18-14(21)17-8-2-5-13(19)20/h1,3-4,9H,2,5-8,10H2,(H,19,20)(H2,17,18,21). The van der Waals surface area contributed by atoms with Crippen LogP contribution in [-0.2, 0) is 10.2 Å². The third-order valence-electron chi connectivity index (χ3n) is 3.73. The number of carboxylic acid groups (broad SMARTS) is 1. The first-order valence-electron chi connectivity index (χ1n) is 7.01. The molecule has 0 heterocycles. The van der Waals surface area contributed by atoms with E-state index in [0.29, 0.717) is 19.5 Å². The summed E-state index contributed by atoms with van der Waals surface area (Å²) in [4.78, 5) is 22.0. The molecule has 21 heavy (non-hydrogen) atoms. The number of urea groups is 1. The Morgan fingerprint density at radius 2 is 2.05 bits per heavy atom. The summed E-state index contributed by atoms with van der Waals surface area (Å²) in [7, 11) is 0. The van der Waals surface area contributed by atoms with E-state index >= 15 is 0 Å². The van der Waals surface area contributed by atoms with Crippen LogP contribution < -0.4 is 10.6 Å². The molecule has 0 aliphatic heterocycles. The summed E-state index contributed by atoms with van der Waals surface area (Å²) in [5, 5.41) is 13.9. The molecule has 0 atom stereocenters. The largest absolute Gasteiger partial charge is 0.481 e. The molecule has 1 aromatic rings. The van der Waals surface area contributed by atoms with Crippen LogP contribution in [0.15, 0.2) is 24.3 Å². The first kappa shape index (κ1) is 15.3. The highest BCUT2D eigenvalue weighted by Crippen LogP contribution is 2.47. The molecule has 0 radical (unpaired) electrons. The summed E-state index contributed by atoms with van der Waals surface area (Å²) in [6.45, 7) is 0.784. The molecule has 0 saturated heterocycles. The molecule has 0 spiro atoms. The molecule has 1 fully saturated rings. The first-order chi connectivity index (χ1) is 10.0. The number of hydrogen-bond donors (Lipinski definition) is 3. The van der Waals surface area contributed by atoms with E-state index in [1.807, 2.05) is 6.07 Å². The number of carbonyl (C=O) groups excluding carboxylic acids is 1. The number of carboxylic acids is 1. The normalized spacial score (nSPS) is 15.3. The smallest absolute Gasteiger partial charge is 0.314 e. The van der Waals surface area contributed by atoms with Gasteiger partial charge >= 0.3 is 12.0 Å². The number of carbonyl (C=O) groups is 2. The van der Waals surface area contributed by atoms with E-state index in [0.717, 1.165) is 18.4 Å². The summed E-state index contributed by atoms with van der Waals surface area (Å²) in [6, 6.07) is 6.16. The number of halogens is 1. The maximum Gasteiger partial charge on any atom is 0.314 e. The number of aliphatic carboxylic acids is 1. The average molecular weight is 294 g/mol. The molecular formula is C15H19FN2O3. The van der Waals surface area contributed by atoms with Crippen LogP contribution in [-0.4, -0.2) is 30.2 Å². The van der Waals surface area contributed by atoms with E-state index in [1.165, 1.54) is 12.1 Å². The zero-order valence-electron chi connectivity index (χ0n) is 11.7. The van der Waals surface area contributed by atoms with Gasteiger partial charge in [0, 0.05) is 24.9 Å². The molecule has 1 saturated carbocycles. The lowest BCUT2D eigenvalue weighted by molar-refractivity contribution is -0.137. The Morgan fingerprint density at radius 1 is 1.29 bits per heavy atom. The quantitative estimate of drug-likeness (QED) is 0.673. The Labute approximate surface area is 122 Å². The average Bonchev–Trinajstić information content (AvgIpc) is 3.22. The second-order valence-corrected chi connectivity index (χ2v) is 5.40. The minimum Gasteiger partial charge on any atom is -0.481 e. The minimum atomic E-state index is -0.875. The zero-order valence-corrected chi connectivity index (χ0v) is 11.7. The van der Waals surface area contributed by atoms with Gasteiger partial charge in [-0.1, -0.05) is 12.1 Å². The molecule has 1 aromatic carbocycles. The predicted molar refractivity (Wildman–Crippen MR) is 75.6 cm³/mol. The fourth-order valence-electron chi connectivity index (χ4n) is 2.29. The molecule has 1 aliphatic rings. The fraction of sp³-hybridized carbons (Fsp3) is 0.467. The monoisotopic (exact) mass is 294 g/mol. The summed E-state index contributed by atoms with van der Waals surface area (Å²) >= 11 is 0. The number of hydrogen-bond acceptors (Lipinski definition) is 2. The fourth-order valence-corrected chi connectivity index (χ4v) is 2.29.